The van der Waals surface area contributed by atoms with Gasteiger partial charge in [-0.3, -0.25) is 0 Å². The fourth-order valence-corrected chi connectivity index (χ4v) is 1.55. The molecule has 0 radical (unpaired) electrons. The Morgan fingerprint density at radius 1 is 1.29 bits per heavy atom. The van der Waals surface area contributed by atoms with Gasteiger partial charge in [0.25, 0.3) is 0 Å². The molecule has 0 bridgehead atoms. The van der Waals surface area contributed by atoms with Crippen molar-refractivity contribution in [1.82, 2.24) is 0 Å². The topological polar surface area (TPSA) is 21.8 Å². The molecule has 84 valence electrons. The Morgan fingerprint density at radius 2 is 2.00 bits per heavy atom. The molecule has 1 rings (SSSR count). The van der Waals surface area contributed by atoms with Crippen molar-refractivity contribution >= 4 is 0 Å². The molecule has 0 aromatic carbocycles. The Labute approximate surface area is 88.0 Å². The molecular weight excluding hydrogens is 176 g/mol. The third-order valence-corrected chi connectivity index (χ3v) is 2.68. The highest BCUT2D eigenvalue weighted by Gasteiger charge is 2.23. The van der Waals surface area contributed by atoms with E-state index in [0.717, 1.165) is 13.2 Å². The highest BCUT2D eigenvalue weighted by molar-refractivity contribution is 4.68. The van der Waals surface area contributed by atoms with Crippen molar-refractivity contribution in [3.05, 3.63) is 0 Å². The molecule has 1 fully saturated rings. The van der Waals surface area contributed by atoms with Crippen LogP contribution in [0.25, 0.3) is 0 Å². The van der Waals surface area contributed by atoms with Crippen molar-refractivity contribution in [2.75, 3.05) is 13.2 Å². The Kier molecular flexibility index (Phi) is 6.20. The monoisotopic (exact) mass is 200 g/mol. The second-order valence-corrected chi connectivity index (χ2v) is 4.30. The highest BCUT2D eigenvalue weighted by Crippen LogP contribution is 2.13. The summed E-state index contributed by atoms with van der Waals surface area (Å²) in [4.78, 5) is 0. The van der Waals surface area contributed by atoms with Crippen LogP contribution < -0.4 is 0 Å². The number of hydrogen-bond acceptors (Lipinski definition) is 2. The van der Waals surface area contributed by atoms with Gasteiger partial charge >= 0.3 is 0 Å². The molecule has 2 unspecified atom stereocenters. The number of rotatable bonds is 9. The molecule has 0 aromatic heterocycles. The maximum atomic E-state index is 5.65. The van der Waals surface area contributed by atoms with E-state index in [1.54, 1.807) is 0 Å². The molecule has 0 N–H and O–H groups in total. The first-order valence-corrected chi connectivity index (χ1v) is 6.06. The number of ether oxygens (including phenoxy) is 2. The molecule has 0 aliphatic carbocycles. The summed E-state index contributed by atoms with van der Waals surface area (Å²) in [7, 11) is 0. The second-order valence-electron chi connectivity index (χ2n) is 4.30. The summed E-state index contributed by atoms with van der Waals surface area (Å²) < 4.78 is 10.7. The third-order valence-electron chi connectivity index (χ3n) is 2.68. The lowest BCUT2D eigenvalue weighted by atomic mass is 10.1. The molecular formula is C12H24O2. The van der Waals surface area contributed by atoms with Crippen LogP contribution in [0.5, 0.6) is 0 Å². The molecule has 0 amide bonds. The SMILES string of the molecule is CCCCCCCC(C)OCC1CO1. The quantitative estimate of drug-likeness (QED) is 0.421. The minimum absolute atomic E-state index is 0.414. The van der Waals surface area contributed by atoms with E-state index in [-0.39, 0.29) is 0 Å². The lowest BCUT2D eigenvalue weighted by Gasteiger charge is -2.11. The van der Waals surface area contributed by atoms with Crippen LogP contribution in [-0.4, -0.2) is 25.4 Å². The van der Waals surface area contributed by atoms with Gasteiger partial charge in [0.1, 0.15) is 6.10 Å². The molecule has 2 atom stereocenters. The summed E-state index contributed by atoms with van der Waals surface area (Å²) in [5.41, 5.74) is 0. The predicted octanol–water partition coefficient (Wildman–Crippen LogP) is 3.15. The first kappa shape index (κ1) is 12.0. The van der Waals surface area contributed by atoms with Crippen LogP contribution in [0.1, 0.15) is 52.4 Å². The van der Waals surface area contributed by atoms with Crippen LogP contribution >= 0.6 is 0 Å². The molecule has 0 aromatic rings. The van der Waals surface area contributed by atoms with Gasteiger partial charge in [0.15, 0.2) is 0 Å². The van der Waals surface area contributed by atoms with Gasteiger partial charge in [-0.1, -0.05) is 39.0 Å². The van der Waals surface area contributed by atoms with Crippen molar-refractivity contribution in [2.45, 2.75) is 64.6 Å². The number of epoxide rings is 1. The minimum Gasteiger partial charge on any atom is -0.376 e. The van der Waals surface area contributed by atoms with Crippen molar-refractivity contribution in [1.29, 1.82) is 0 Å². The van der Waals surface area contributed by atoms with Crippen LogP contribution in [0.2, 0.25) is 0 Å². The molecule has 0 spiro atoms. The second kappa shape index (κ2) is 7.24. The summed E-state index contributed by atoms with van der Waals surface area (Å²) in [5, 5.41) is 0. The molecule has 2 nitrogen and oxygen atoms in total. The lowest BCUT2D eigenvalue weighted by Crippen LogP contribution is -2.12. The lowest BCUT2D eigenvalue weighted by molar-refractivity contribution is 0.0476. The summed E-state index contributed by atoms with van der Waals surface area (Å²) in [5.74, 6) is 0. The van der Waals surface area contributed by atoms with Gasteiger partial charge in [0.05, 0.1) is 19.3 Å². The van der Waals surface area contributed by atoms with Gasteiger partial charge in [-0.2, -0.15) is 0 Å². The van der Waals surface area contributed by atoms with Gasteiger partial charge in [-0.15, -0.1) is 0 Å². The van der Waals surface area contributed by atoms with E-state index in [1.165, 1.54) is 38.5 Å². The molecule has 2 heteroatoms. The Balaban J connectivity index is 1.79. The van der Waals surface area contributed by atoms with Gasteiger partial charge in [-0.05, 0) is 13.3 Å². The van der Waals surface area contributed by atoms with E-state index in [0.29, 0.717) is 12.2 Å². The van der Waals surface area contributed by atoms with E-state index >= 15 is 0 Å². The van der Waals surface area contributed by atoms with E-state index in [1.807, 2.05) is 0 Å². The molecule has 1 saturated heterocycles. The average Bonchev–Trinajstić information content (AvgIpc) is 2.98. The first-order valence-electron chi connectivity index (χ1n) is 6.06. The standard InChI is InChI=1S/C12H24O2/c1-3-4-5-6-7-8-11(2)13-9-12-10-14-12/h11-12H,3-10H2,1-2H3. The number of unbranched alkanes of at least 4 members (excludes halogenated alkanes) is 4. The number of hydrogen-bond donors (Lipinski definition) is 0. The van der Waals surface area contributed by atoms with Crippen LogP contribution in [-0.2, 0) is 9.47 Å². The molecule has 1 aliphatic rings. The van der Waals surface area contributed by atoms with Crippen molar-refractivity contribution in [3.8, 4) is 0 Å². The van der Waals surface area contributed by atoms with Crippen LogP contribution in [0.15, 0.2) is 0 Å². The Morgan fingerprint density at radius 3 is 2.64 bits per heavy atom. The third kappa shape index (κ3) is 6.39. The van der Waals surface area contributed by atoms with Gasteiger partial charge in [0.2, 0.25) is 0 Å². The Hall–Kier alpha value is -0.0800. The van der Waals surface area contributed by atoms with Crippen LogP contribution in [0, 0.1) is 0 Å². The summed E-state index contributed by atoms with van der Waals surface area (Å²) >= 11 is 0. The van der Waals surface area contributed by atoms with Crippen molar-refractivity contribution < 1.29 is 9.47 Å². The van der Waals surface area contributed by atoms with Crippen LogP contribution in [0.3, 0.4) is 0 Å². The smallest absolute Gasteiger partial charge is 0.104 e. The van der Waals surface area contributed by atoms with Crippen molar-refractivity contribution in [2.24, 2.45) is 0 Å². The zero-order valence-electron chi connectivity index (χ0n) is 9.63. The predicted molar refractivity (Wildman–Crippen MR) is 58.5 cm³/mol. The fourth-order valence-electron chi connectivity index (χ4n) is 1.55. The normalized spacial score (nSPS) is 22.3. The first-order chi connectivity index (χ1) is 6.83. The Bertz CT molecular complexity index is 132. The van der Waals surface area contributed by atoms with Gasteiger partial charge in [0, 0.05) is 0 Å². The molecule has 1 aliphatic heterocycles. The maximum absolute atomic E-state index is 5.65. The van der Waals surface area contributed by atoms with E-state index < -0.39 is 0 Å². The average molecular weight is 200 g/mol. The molecule has 0 saturated carbocycles. The molecule has 14 heavy (non-hydrogen) atoms. The zero-order chi connectivity index (χ0) is 10.2. The summed E-state index contributed by atoms with van der Waals surface area (Å²) in [6.07, 6.45) is 8.80. The highest BCUT2D eigenvalue weighted by atomic mass is 16.6. The van der Waals surface area contributed by atoms with Gasteiger partial charge in [-0.25, -0.2) is 0 Å². The van der Waals surface area contributed by atoms with E-state index in [2.05, 4.69) is 13.8 Å². The van der Waals surface area contributed by atoms with E-state index in [4.69, 9.17) is 9.47 Å². The largest absolute Gasteiger partial charge is 0.376 e. The molecule has 1 heterocycles. The maximum Gasteiger partial charge on any atom is 0.104 e. The van der Waals surface area contributed by atoms with Gasteiger partial charge < -0.3 is 9.47 Å². The summed E-state index contributed by atoms with van der Waals surface area (Å²) in [6.45, 7) is 6.13. The van der Waals surface area contributed by atoms with Crippen molar-refractivity contribution in [3.63, 3.8) is 0 Å². The van der Waals surface area contributed by atoms with Crippen LogP contribution in [0.4, 0.5) is 0 Å². The summed E-state index contributed by atoms with van der Waals surface area (Å²) in [6, 6.07) is 0. The zero-order valence-corrected chi connectivity index (χ0v) is 9.63. The fraction of sp³-hybridized carbons (Fsp3) is 1.00. The van der Waals surface area contributed by atoms with E-state index in [9.17, 15) is 0 Å². The minimum atomic E-state index is 0.414.